The Balaban J connectivity index is 1.74. The molecule has 3 N–H and O–H groups in total. The number of rotatable bonds is 3. The molecule has 2 heterocycles. The standard InChI is InChI=1S/C15H12N4O3S/c16-12(20)10-5-3-9(4-6-10)8-18-15(22)19-14(21)11-2-1-7-17-13(11)23-19/h1-7H,8H2,(H2,16,20)(H,18,22). The molecule has 0 aliphatic carbocycles. The summed E-state index contributed by atoms with van der Waals surface area (Å²) >= 11 is 0.993. The van der Waals surface area contributed by atoms with E-state index in [1.807, 2.05) is 0 Å². The molecule has 2 aromatic heterocycles. The molecule has 7 nitrogen and oxygen atoms in total. The van der Waals surface area contributed by atoms with Crippen molar-refractivity contribution in [3.63, 3.8) is 0 Å². The van der Waals surface area contributed by atoms with Gasteiger partial charge < -0.3 is 11.1 Å². The van der Waals surface area contributed by atoms with Gasteiger partial charge in [-0.15, -0.1) is 0 Å². The number of fused-ring (bicyclic) bond motifs is 1. The lowest BCUT2D eigenvalue weighted by Crippen LogP contribution is -2.32. The summed E-state index contributed by atoms with van der Waals surface area (Å²) in [4.78, 5) is 39.8. The van der Waals surface area contributed by atoms with Crippen molar-refractivity contribution < 1.29 is 9.59 Å². The van der Waals surface area contributed by atoms with Crippen LogP contribution in [0.4, 0.5) is 4.79 Å². The normalized spacial score (nSPS) is 10.6. The predicted molar refractivity (Wildman–Crippen MR) is 86.5 cm³/mol. The molecule has 0 unspecified atom stereocenters. The second-order valence-corrected chi connectivity index (χ2v) is 5.70. The quantitative estimate of drug-likeness (QED) is 0.756. The molecule has 8 heteroatoms. The molecular formula is C15H12N4O3S. The van der Waals surface area contributed by atoms with Gasteiger partial charge in [0.15, 0.2) is 0 Å². The van der Waals surface area contributed by atoms with Crippen LogP contribution in [0.5, 0.6) is 0 Å². The minimum absolute atomic E-state index is 0.228. The lowest BCUT2D eigenvalue weighted by molar-refractivity contribution is 0.1000. The van der Waals surface area contributed by atoms with Crippen molar-refractivity contribution in [3.05, 3.63) is 64.1 Å². The van der Waals surface area contributed by atoms with Crippen molar-refractivity contribution in [2.45, 2.75) is 6.54 Å². The Kier molecular flexibility index (Phi) is 3.90. The van der Waals surface area contributed by atoms with Gasteiger partial charge in [-0.1, -0.05) is 12.1 Å². The van der Waals surface area contributed by atoms with E-state index in [-0.39, 0.29) is 12.1 Å². The number of amides is 2. The molecule has 0 spiro atoms. The molecule has 2 amide bonds. The first-order valence-electron chi connectivity index (χ1n) is 6.70. The highest BCUT2D eigenvalue weighted by atomic mass is 32.1. The van der Waals surface area contributed by atoms with Crippen LogP contribution < -0.4 is 16.6 Å². The molecule has 3 aromatic rings. The van der Waals surface area contributed by atoms with Crippen LogP contribution in [0.1, 0.15) is 15.9 Å². The average Bonchev–Trinajstić information content (AvgIpc) is 2.90. The van der Waals surface area contributed by atoms with E-state index in [1.165, 1.54) is 0 Å². The summed E-state index contributed by atoms with van der Waals surface area (Å²) in [5.74, 6) is -0.509. The van der Waals surface area contributed by atoms with Crippen LogP contribution in [-0.2, 0) is 6.54 Å². The summed E-state index contributed by atoms with van der Waals surface area (Å²) in [7, 11) is 0. The van der Waals surface area contributed by atoms with Gasteiger partial charge in [0, 0.05) is 18.3 Å². The van der Waals surface area contributed by atoms with Gasteiger partial charge >= 0.3 is 6.03 Å². The van der Waals surface area contributed by atoms with E-state index in [2.05, 4.69) is 10.3 Å². The van der Waals surface area contributed by atoms with Gasteiger partial charge in [-0.05, 0) is 41.4 Å². The second kappa shape index (κ2) is 6.01. The zero-order chi connectivity index (χ0) is 16.4. The molecule has 116 valence electrons. The molecule has 3 rings (SSSR count). The number of aromatic nitrogens is 2. The average molecular weight is 328 g/mol. The Morgan fingerprint density at radius 2 is 1.96 bits per heavy atom. The second-order valence-electron chi connectivity index (χ2n) is 4.77. The van der Waals surface area contributed by atoms with Crippen molar-refractivity contribution in [2.24, 2.45) is 5.73 Å². The number of carbonyl (C=O) groups is 2. The summed E-state index contributed by atoms with van der Waals surface area (Å²) in [6.45, 7) is 0.228. The molecule has 0 saturated heterocycles. The first kappa shape index (κ1) is 14.9. The first-order chi connectivity index (χ1) is 11.1. The van der Waals surface area contributed by atoms with Gasteiger partial charge in [-0.25, -0.2) is 9.78 Å². The van der Waals surface area contributed by atoms with E-state index in [0.29, 0.717) is 15.8 Å². The Bertz CT molecular complexity index is 943. The van der Waals surface area contributed by atoms with E-state index in [9.17, 15) is 14.4 Å². The molecule has 0 saturated carbocycles. The largest absolute Gasteiger partial charge is 0.366 e. The van der Waals surface area contributed by atoms with Crippen LogP contribution in [0.3, 0.4) is 0 Å². The zero-order valence-corrected chi connectivity index (χ0v) is 12.7. The maximum absolute atomic E-state index is 12.1. The summed E-state index contributed by atoms with van der Waals surface area (Å²) < 4.78 is 1.04. The molecular weight excluding hydrogens is 316 g/mol. The van der Waals surface area contributed by atoms with Crippen molar-refractivity contribution in [2.75, 3.05) is 0 Å². The molecule has 0 fully saturated rings. The number of carbonyl (C=O) groups excluding carboxylic acids is 2. The number of hydrogen-bond acceptors (Lipinski definition) is 5. The lowest BCUT2D eigenvalue weighted by atomic mass is 10.1. The number of nitrogens with zero attached hydrogens (tertiary/aromatic N) is 2. The maximum Gasteiger partial charge on any atom is 0.338 e. The molecule has 0 aliphatic rings. The van der Waals surface area contributed by atoms with Crippen LogP contribution in [-0.4, -0.2) is 20.9 Å². The summed E-state index contributed by atoms with van der Waals surface area (Å²) in [5, 5.41) is 3.07. The van der Waals surface area contributed by atoms with E-state index in [1.54, 1.807) is 42.6 Å². The minimum Gasteiger partial charge on any atom is -0.366 e. The van der Waals surface area contributed by atoms with E-state index >= 15 is 0 Å². The van der Waals surface area contributed by atoms with Crippen molar-refractivity contribution in [1.29, 1.82) is 0 Å². The first-order valence-corrected chi connectivity index (χ1v) is 7.47. The number of nitrogens with one attached hydrogen (secondary N) is 1. The Morgan fingerprint density at radius 1 is 1.22 bits per heavy atom. The summed E-state index contributed by atoms with van der Waals surface area (Å²) in [5.41, 5.74) is 5.96. The summed E-state index contributed by atoms with van der Waals surface area (Å²) in [6.07, 6.45) is 1.57. The Hall–Kier alpha value is -3.00. The highest BCUT2D eigenvalue weighted by Gasteiger charge is 2.14. The van der Waals surface area contributed by atoms with Crippen molar-refractivity contribution in [3.8, 4) is 0 Å². The maximum atomic E-state index is 12.1. The number of primary amides is 1. The molecule has 0 atom stereocenters. The third-order valence-electron chi connectivity index (χ3n) is 3.23. The highest BCUT2D eigenvalue weighted by Crippen LogP contribution is 2.12. The monoisotopic (exact) mass is 328 g/mol. The van der Waals surface area contributed by atoms with E-state index in [0.717, 1.165) is 21.1 Å². The molecule has 1 aromatic carbocycles. The molecule has 23 heavy (non-hydrogen) atoms. The summed E-state index contributed by atoms with van der Waals surface area (Å²) in [6, 6.07) is 9.31. The predicted octanol–water partition coefficient (Wildman–Crippen LogP) is 1.31. The topological polar surface area (TPSA) is 107 Å². The number of benzene rings is 1. The number of hydrogen-bond donors (Lipinski definition) is 2. The lowest BCUT2D eigenvalue weighted by Gasteiger charge is -2.05. The fourth-order valence-corrected chi connectivity index (χ4v) is 2.90. The molecule has 0 bridgehead atoms. The minimum atomic E-state index is -0.517. The fourth-order valence-electron chi connectivity index (χ4n) is 2.03. The Morgan fingerprint density at radius 3 is 2.61 bits per heavy atom. The Labute approximate surface area is 134 Å². The van der Waals surface area contributed by atoms with Gasteiger partial charge in [0.25, 0.3) is 5.56 Å². The van der Waals surface area contributed by atoms with Crippen LogP contribution in [0, 0.1) is 0 Å². The van der Waals surface area contributed by atoms with Gasteiger partial charge in [0.2, 0.25) is 5.91 Å². The fraction of sp³-hybridized carbons (Fsp3) is 0.0667. The zero-order valence-electron chi connectivity index (χ0n) is 11.9. The number of pyridine rings is 1. The SMILES string of the molecule is NC(=O)c1ccc(CNC(=O)n2sc3ncccc3c2=O)cc1. The molecule has 0 aliphatic heterocycles. The van der Waals surface area contributed by atoms with Gasteiger partial charge in [-0.2, -0.15) is 3.96 Å². The third kappa shape index (κ3) is 2.97. The van der Waals surface area contributed by atoms with Crippen LogP contribution in [0.15, 0.2) is 47.4 Å². The van der Waals surface area contributed by atoms with E-state index < -0.39 is 11.9 Å². The highest BCUT2D eigenvalue weighted by molar-refractivity contribution is 7.14. The van der Waals surface area contributed by atoms with Gasteiger partial charge in [-0.3, -0.25) is 9.59 Å². The van der Waals surface area contributed by atoms with Crippen molar-refractivity contribution >= 4 is 33.7 Å². The van der Waals surface area contributed by atoms with E-state index in [4.69, 9.17) is 5.73 Å². The van der Waals surface area contributed by atoms with Gasteiger partial charge in [0.1, 0.15) is 4.83 Å². The van der Waals surface area contributed by atoms with Crippen LogP contribution in [0.2, 0.25) is 0 Å². The van der Waals surface area contributed by atoms with Crippen LogP contribution >= 0.6 is 11.5 Å². The van der Waals surface area contributed by atoms with Crippen LogP contribution in [0.25, 0.3) is 10.2 Å². The smallest absolute Gasteiger partial charge is 0.338 e. The van der Waals surface area contributed by atoms with Crippen molar-refractivity contribution in [1.82, 2.24) is 14.3 Å². The third-order valence-corrected chi connectivity index (χ3v) is 4.24. The number of nitrogens with two attached hydrogens (primary N) is 1. The van der Waals surface area contributed by atoms with Gasteiger partial charge in [0.05, 0.1) is 5.39 Å². The molecule has 0 radical (unpaired) electrons.